The fraction of sp³-hybridized carbons (Fsp3) is 0.619. The van der Waals surface area contributed by atoms with Crippen molar-refractivity contribution in [1.82, 2.24) is 10.2 Å². The molecule has 1 aliphatic heterocycles. The average molecular weight is 412 g/mol. The number of hydrogen-bond acceptors (Lipinski definition) is 3. The molecule has 4 atom stereocenters. The quantitative estimate of drug-likeness (QED) is 0.778. The third kappa shape index (κ3) is 5.50. The predicted octanol–water partition coefficient (Wildman–Crippen LogP) is 3.54. The van der Waals surface area contributed by atoms with E-state index < -0.39 is 24.9 Å². The molecular weight excluding hydrogens is 385 g/mol. The number of halogens is 3. The van der Waals surface area contributed by atoms with Crippen molar-refractivity contribution in [2.45, 2.75) is 63.3 Å². The molecule has 2 aliphatic rings. The van der Waals surface area contributed by atoms with Gasteiger partial charge in [-0.2, -0.15) is 13.2 Å². The van der Waals surface area contributed by atoms with Crippen LogP contribution in [0.4, 0.5) is 13.2 Å². The number of ether oxygens (including phenoxy) is 1. The molecule has 1 N–H and O–H groups in total. The average Bonchev–Trinajstić information content (AvgIpc) is 3.06. The number of rotatable bonds is 6. The highest BCUT2D eigenvalue weighted by atomic mass is 19.4. The molecule has 2 fully saturated rings. The fourth-order valence-electron chi connectivity index (χ4n) is 4.45. The molecule has 0 spiro atoms. The van der Waals surface area contributed by atoms with Gasteiger partial charge < -0.3 is 15.0 Å². The zero-order valence-corrected chi connectivity index (χ0v) is 16.5. The number of carbonyl (C=O) groups is 2. The number of carbonyl (C=O) groups excluding carboxylic acids is 2. The molecule has 1 aromatic rings. The topological polar surface area (TPSA) is 58.6 Å². The summed E-state index contributed by atoms with van der Waals surface area (Å²) in [6.45, 7) is 0.0104. The largest absolute Gasteiger partial charge is 0.411 e. The third-order valence-electron chi connectivity index (χ3n) is 5.67. The maximum absolute atomic E-state index is 13.2. The minimum absolute atomic E-state index is 0.0315. The summed E-state index contributed by atoms with van der Waals surface area (Å²) in [5, 5.41) is 2.73. The van der Waals surface area contributed by atoms with Crippen LogP contribution in [0.25, 0.3) is 0 Å². The van der Waals surface area contributed by atoms with Gasteiger partial charge in [-0.05, 0) is 44.2 Å². The summed E-state index contributed by atoms with van der Waals surface area (Å²) in [5.41, 5.74) is 0.540. The first-order valence-electron chi connectivity index (χ1n) is 10.1. The highest BCUT2D eigenvalue weighted by Gasteiger charge is 2.47. The molecule has 0 aromatic heterocycles. The van der Waals surface area contributed by atoms with Crippen LogP contribution < -0.4 is 5.32 Å². The van der Waals surface area contributed by atoms with Crippen LogP contribution in [-0.4, -0.2) is 54.2 Å². The highest BCUT2D eigenvalue weighted by molar-refractivity contribution is 5.98. The molecule has 8 heteroatoms. The number of benzene rings is 1. The lowest BCUT2D eigenvalue weighted by molar-refractivity contribution is -0.175. The van der Waals surface area contributed by atoms with Crippen molar-refractivity contribution in [3.05, 3.63) is 35.9 Å². The summed E-state index contributed by atoms with van der Waals surface area (Å²) in [4.78, 5) is 27.8. The predicted molar refractivity (Wildman–Crippen MR) is 101 cm³/mol. The van der Waals surface area contributed by atoms with Gasteiger partial charge in [0.1, 0.15) is 12.6 Å². The van der Waals surface area contributed by atoms with E-state index in [1.807, 2.05) is 6.07 Å². The molecule has 0 radical (unpaired) electrons. The molecular formula is C21H27F3N2O3. The van der Waals surface area contributed by atoms with Gasteiger partial charge in [0, 0.05) is 17.6 Å². The second kappa shape index (κ2) is 9.15. The van der Waals surface area contributed by atoms with Crippen molar-refractivity contribution in [2.75, 3.05) is 13.2 Å². The van der Waals surface area contributed by atoms with E-state index in [9.17, 15) is 22.8 Å². The molecule has 4 unspecified atom stereocenters. The van der Waals surface area contributed by atoms with Crippen LogP contribution in [0.3, 0.4) is 0 Å². The molecule has 2 amide bonds. The lowest BCUT2D eigenvalue weighted by Gasteiger charge is -2.34. The van der Waals surface area contributed by atoms with Gasteiger partial charge in [0.15, 0.2) is 0 Å². The van der Waals surface area contributed by atoms with Crippen molar-refractivity contribution in [1.29, 1.82) is 0 Å². The smallest absolute Gasteiger partial charge is 0.370 e. The van der Waals surface area contributed by atoms with Crippen molar-refractivity contribution in [3.63, 3.8) is 0 Å². The van der Waals surface area contributed by atoms with E-state index in [1.165, 1.54) is 0 Å². The molecule has 29 heavy (non-hydrogen) atoms. The van der Waals surface area contributed by atoms with Gasteiger partial charge in [0.05, 0.1) is 6.61 Å². The lowest BCUT2D eigenvalue weighted by atomic mass is 9.84. The van der Waals surface area contributed by atoms with Crippen molar-refractivity contribution in [2.24, 2.45) is 5.92 Å². The van der Waals surface area contributed by atoms with Crippen molar-refractivity contribution >= 4 is 11.8 Å². The maximum Gasteiger partial charge on any atom is 0.411 e. The molecule has 1 heterocycles. The Balaban J connectivity index is 1.68. The van der Waals surface area contributed by atoms with Crippen LogP contribution in [0.1, 0.15) is 49.4 Å². The van der Waals surface area contributed by atoms with Crippen LogP contribution >= 0.6 is 0 Å². The Morgan fingerprint density at radius 2 is 1.90 bits per heavy atom. The van der Waals surface area contributed by atoms with Gasteiger partial charge >= 0.3 is 6.18 Å². The Morgan fingerprint density at radius 1 is 1.21 bits per heavy atom. The minimum atomic E-state index is -4.40. The Labute approximate surface area is 168 Å². The minimum Gasteiger partial charge on any atom is -0.370 e. The number of fused-ring (bicyclic) bond motifs is 1. The Bertz CT molecular complexity index is 711. The number of hydrogen-bond donors (Lipinski definition) is 1. The first-order valence-corrected chi connectivity index (χ1v) is 10.1. The van der Waals surface area contributed by atoms with Crippen LogP contribution in [0.15, 0.2) is 30.3 Å². The van der Waals surface area contributed by atoms with Gasteiger partial charge in [-0.25, -0.2) is 0 Å². The lowest BCUT2D eigenvalue weighted by Crippen LogP contribution is -2.51. The van der Waals surface area contributed by atoms with Gasteiger partial charge in [-0.15, -0.1) is 0 Å². The zero-order chi connectivity index (χ0) is 21.0. The van der Waals surface area contributed by atoms with E-state index in [2.05, 4.69) is 10.1 Å². The second-order valence-electron chi connectivity index (χ2n) is 7.98. The summed E-state index contributed by atoms with van der Waals surface area (Å²) >= 11 is 0. The Hall–Kier alpha value is -2.09. The zero-order valence-electron chi connectivity index (χ0n) is 16.5. The third-order valence-corrected chi connectivity index (χ3v) is 5.67. The highest BCUT2D eigenvalue weighted by Crippen LogP contribution is 2.40. The molecule has 5 nitrogen and oxygen atoms in total. The van der Waals surface area contributed by atoms with E-state index >= 15 is 0 Å². The SMILES string of the molecule is CC(COCC(F)(F)F)NC(=O)C1CC2CCCCC2N1C(=O)c1ccccc1. The standard InChI is InChI=1S/C21H27F3N2O3/c1-14(12-29-13-21(22,23)24)25-19(27)18-11-16-9-5-6-10-17(16)26(18)20(28)15-7-3-2-4-8-15/h2-4,7-8,14,16-18H,5-6,9-13H2,1H3,(H,25,27). The number of likely N-dealkylation sites (tertiary alicyclic amines) is 1. The molecule has 1 aliphatic carbocycles. The van der Waals surface area contributed by atoms with Gasteiger partial charge in [0.2, 0.25) is 5.91 Å². The summed E-state index contributed by atoms with van der Waals surface area (Å²) in [6, 6.07) is 7.72. The van der Waals surface area contributed by atoms with Crippen LogP contribution in [0.2, 0.25) is 0 Å². The first kappa shape index (κ1) is 21.6. The molecule has 1 aromatic carbocycles. The normalized spacial score (nSPS) is 25.4. The first-order chi connectivity index (χ1) is 13.8. The van der Waals surface area contributed by atoms with Crippen molar-refractivity contribution < 1.29 is 27.5 Å². The van der Waals surface area contributed by atoms with Crippen LogP contribution in [0, 0.1) is 5.92 Å². The Kier molecular flexibility index (Phi) is 6.82. The summed E-state index contributed by atoms with van der Waals surface area (Å²) in [6.07, 6.45) is 0.157. The molecule has 0 bridgehead atoms. The number of nitrogens with zero attached hydrogens (tertiary/aromatic N) is 1. The monoisotopic (exact) mass is 412 g/mol. The number of alkyl halides is 3. The van der Waals surface area contributed by atoms with E-state index in [0.717, 1.165) is 25.7 Å². The number of nitrogens with one attached hydrogen (secondary N) is 1. The van der Waals surface area contributed by atoms with Crippen molar-refractivity contribution in [3.8, 4) is 0 Å². The molecule has 160 valence electrons. The molecule has 1 saturated heterocycles. The number of amides is 2. The van der Waals surface area contributed by atoms with E-state index in [4.69, 9.17) is 0 Å². The van der Waals surface area contributed by atoms with E-state index in [0.29, 0.717) is 12.0 Å². The summed E-state index contributed by atoms with van der Waals surface area (Å²) in [5.74, 6) is -0.211. The van der Waals surface area contributed by atoms with E-state index in [1.54, 1.807) is 36.1 Å². The molecule has 3 rings (SSSR count). The molecule has 1 saturated carbocycles. The van der Waals surface area contributed by atoms with Gasteiger partial charge in [-0.3, -0.25) is 9.59 Å². The summed E-state index contributed by atoms with van der Waals surface area (Å²) < 4.78 is 41.3. The summed E-state index contributed by atoms with van der Waals surface area (Å²) in [7, 11) is 0. The van der Waals surface area contributed by atoms with Crippen LogP contribution in [-0.2, 0) is 9.53 Å². The van der Waals surface area contributed by atoms with E-state index in [-0.39, 0.29) is 30.4 Å². The second-order valence-corrected chi connectivity index (χ2v) is 7.98. The maximum atomic E-state index is 13.2. The van der Waals surface area contributed by atoms with Gasteiger partial charge in [-0.1, -0.05) is 31.0 Å². The van der Waals surface area contributed by atoms with Crippen LogP contribution in [0.5, 0.6) is 0 Å². The van der Waals surface area contributed by atoms with Gasteiger partial charge in [0.25, 0.3) is 5.91 Å². The Morgan fingerprint density at radius 3 is 2.59 bits per heavy atom. The fourth-order valence-corrected chi connectivity index (χ4v) is 4.45.